The highest BCUT2D eigenvalue weighted by Crippen LogP contribution is 2.34. The molecule has 0 saturated carbocycles. The van der Waals surface area contributed by atoms with E-state index >= 15 is 0 Å². The Bertz CT molecular complexity index is 1410. The second kappa shape index (κ2) is 8.26. The Labute approximate surface area is 199 Å². The molecule has 0 aliphatic carbocycles. The van der Waals surface area contributed by atoms with E-state index in [0.717, 1.165) is 22.2 Å². The van der Waals surface area contributed by atoms with Crippen molar-refractivity contribution >= 4 is 34.8 Å². The largest absolute Gasteiger partial charge is 0.481 e. The molecular weight excluding hydrogens is 498 g/mol. The minimum Gasteiger partial charge on any atom is -0.481 e. The maximum absolute atomic E-state index is 13.1. The third-order valence-electron chi connectivity index (χ3n) is 5.47. The number of aliphatic carboxylic acids is 1. The molecular formula is C21H14Cl2F3N5O3. The van der Waals surface area contributed by atoms with Crippen LogP contribution in [0.2, 0.25) is 10.0 Å². The van der Waals surface area contributed by atoms with Gasteiger partial charge in [0.05, 0.1) is 21.5 Å². The molecule has 4 aromatic rings. The van der Waals surface area contributed by atoms with Gasteiger partial charge in [0, 0.05) is 37.6 Å². The van der Waals surface area contributed by atoms with Crippen molar-refractivity contribution in [2.24, 2.45) is 5.92 Å². The topological polar surface area (TPSA) is 96.8 Å². The lowest BCUT2D eigenvalue weighted by atomic mass is 9.99. The summed E-state index contributed by atoms with van der Waals surface area (Å²) in [5, 5.41) is 13.1. The van der Waals surface area contributed by atoms with E-state index in [1.807, 2.05) is 11.0 Å². The summed E-state index contributed by atoms with van der Waals surface area (Å²) in [7, 11) is 0. The summed E-state index contributed by atoms with van der Waals surface area (Å²) in [6, 6.07) is 6.09. The normalized spacial score (nSPS) is 15.1. The molecule has 0 atom stereocenters. The molecule has 13 heteroatoms. The summed E-state index contributed by atoms with van der Waals surface area (Å²) in [5.74, 6) is -0.974. The zero-order valence-electron chi connectivity index (χ0n) is 17.1. The van der Waals surface area contributed by atoms with Crippen LogP contribution < -0.4 is 0 Å². The number of benzene rings is 1. The number of alkyl halides is 3. The van der Waals surface area contributed by atoms with Gasteiger partial charge < -0.3 is 14.0 Å². The summed E-state index contributed by atoms with van der Waals surface area (Å²) >= 11 is 12.4. The third-order valence-corrected chi connectivity index (χ3v) is 6.06. The van der Waals surface area contributed by atoms with Crippen molar-refractivity contribution in [3.05, 3.63) is 57.8 Å². The first-order valence-electron chi connectivity index (χ1n) is 9.92. The highest BCUT2D eigenvalue weighted by molar-refractivity contribution is 6.33. The fourth-order valence-electron chi connectivity index (χ4n) is 3.70. The molecule has 1 aliphatic rings. The number of carboxylic acid groups (broad SMARTS) is 1. The Morgan fingerprint density at radius 1 is 1.15 bits per heavy atom. The van der Waals surface area contributed by atoms with E-state index in [1.165, 1.54) is 6.20 Å². The predicted molar refractivity (Wildman–Crippen MR) is 115 cm³/mol. The number of rotatable bonds is 5. The number of halogens is 5. The van der Waals surface area contributed by atoms with Gasteiger partial charge in [0.25, 0.3) is 5.89 Å². The second-order valence-electron chi connectivity index (χ2n) is 7.90. The number of likely N-dealkylation sites (tertiary alicyclic amines) is 1. The lowest BCUT2D eigenvalue weighted by molar-refractivity contribution is -0.147. The smallest absolute Gasteiger partial charge is 0.417 e. The number of pyridine rings is 1. The molecule has 1 aromatic carbocycles. The Balaban J connectivity index is 1.37. The fourth-order valence-corrected chi connectivity index (χ4v) is 4.25. The molecule has 8 nitrogen and oxygen atoms in total. The summed E-state index contributed by atoms with van der Waals surface area (Å²) in [6.07, 6.45) is -2.37. The van der Waals surface area contributed by atoms with Crippen LogP contribution in [0.4, 0.5) is 13.2 Å². The van der Waals surface area contributed by atoms with Crippen LogP contribution in [0.1, 0.15) is 11.1 Å². The van der Waals surface area contributed by atoms with Gasteiger partial charge >= 0.3 is 12.1 Å². The molecule has 4 heterocycles. The average Bonchev–Trinajstić information content (AvgIpc) is 3.36. The molecule has 0 spiro atoms. The molecule has 1 saturated heterocycles. The van der Waals surface area contributed by atoms with Gasteiger partial charge in [0.15, 0.2) is 5.65 Å². The Morgan fingerprint density at radius 2 is 1.91 bits per heavy atom. The molecule has 0 unspecified atom stereocenters. The van der Waals surface area contributed by atoms with E-state index in [1.54, 1.807) is 12.1 Å². The average molecular weight is 512 g/mol. The van der Waals surface area contributed by atoms with Crippen molar-refractivity contribution in [2.75, 3.05) is 13.1 Å². The van der Waals surface area contributed by atoms with Crippen LogP contribution in [0.5, 0.6) is 0 Å². The van der Waals surface area contributed by atoms with Gasteiger partial charge in [-0.2, -0.15) is 18.2 Å². The number of aromatic nitrogens is 4. The van der Waals surface area contributed by atoms with E-state index in [0.29, 0.717) is 30.2 Å². The third kappa shape index (κ3) is 4.22. The number of carboxylic acids is 1. The first-order chi connectivity index (χ1) is 16.1. The van der Waals surface area contributed by atoms with Crippen molar-refractivity contribution < 1.29 is 27.6 Å². The maximum atomic E-state index is 13.1. The maximum Gasteiger partial charge on any atom is 0.417 e. The summed E-state index contributed by atoms with van der Waals surface area (Å²) in [4.78, 5) is 21.4. The number of imidazole rings is 1. The van der Waals surface area contributed by atoms with Crippen LogP contribution in [-0.2, 0) is 17.5 Å². The number of nitrogens with zero attached hydrogens (tertiary/aromatic N) is 5. The van der Waals surface area contributed by atoms with E-state index in [4.69, 9.17) is 32.8 Å². The standard InChI is InChI=1S/C21H14Cl2F3N5O3/c22-14-3-10(5-30-6-11(7-30)20(32)33)1-2-13(14)17-28-19(34-29-17)16-9-31-8-12(21(24,25)26)4-15(23)18(31)27-16/h1-4,8-9,11H,5-7H2,(H,32,33). The van der Waals surface area contributed by atoms with Crippen LogP contribution in [0, 0.1) is 5.92 Å². The van der Waals surface area contributed by atoms with Gasteiger partial charge in [0.1, 0.15) is 5.69 Å². The minimum atomic E-state index is -4.56. The van der Waals surface area contributed by atoms with E-state index in [2.05, 4.69) is 15.1 Å². The monoisotopic (exact) mass is 511 g/mol. The number of carbonyl (C=O) groups is 1. The first-order valence-corrected chi connectivity index (χ1v) is 10.7. The molecule has 3 aromatic heterocycles. The quantitative estimate of drug-likeness (QED) is 0.407. The molecule has 34 heavy (non-hydrogen) atoms. The zero-order chi connectivity index (χ0) is 24.2. The van der Waals surface area contributed by atoms with Crippen molar-refractivity contribution in [2.45, 2.75) is 12.7 Å². The van der Waals surface area contributed by atoms with Crippen molar-refractivity contribution in [1.29, 1.82) is 0 Å². The van der Waals surface area contributed by atoms with Crippen LogP contribution in [0.3, 0.4) is 0 Å². The lowest BCUT2D eigenvalue weighted by Gasteiger charge is -2.36. The van der Waals surface area contributed by atoms with Crippen molar-refractivity contribution in [3.63, 3.8) is 0 Å². The molecule has 0 radical (unpaired) electrons. The van der Waals surface area contributed by atoms with Gasteiger partial charge in [-0.1, -0.05) is 34.4 Å². The lowest BCUT2D eigenvalue weighted by Crippen LogP contribution is -2.49. The summed E-state index contributed by atoms with van der Waals surface area (Å²) in [6.45, 7) is 1.52. The van der Waals surface area contributed by atoms with E-state index in [9.17, 15) is 18.0 Å². The van der Waals surface area contributed by atoms with Crippen LogP contribution in [-0.4, -0.2) is 48.6 Å². The highest BCUT2D eigenvalue weighted by atomic mass is 35.5. The van der Waals surface area contributed by atoms with Crippen molar-refractivity contribution in [3.8, 4) is 23.0 Å². The molecule has 1 N–H and O–H groups in total. The highest BCUT2D eigenvalue weighted by Gasteiger charge is 2.33. The SMILES string of the molecule is O=C(O)C1CN(Cc2ccc(-c3noc(-c4cn5cc(C(F)(F)F)cc(Cl)c5n4)n3)c(Cl)c2)C1. The molecule has 1 fully saturated rings. The van der Waals surface area contributed by atoms with Gasteiger partial charge in [-0.05, 0) is 23.8 Å². The predicted octanol–water partition coefficient (Wildman–Crippen LogP) is 4.89. The number of hydrogen-bond acceptors (Lipinski definition) is 6. The molecule has 0 bridgehead atoms. The van der Waals surface area contributed by atoms with Gasteiger partial charge in [0.2, 0.25) is 5.82 Å². The zero-order valence-corrected chi connectivity index (χ0v) is 18.6. The Morgan fingerprint density at radius 3 is 2.59 bits per heavy atom. The van der Waals surface area contributed by atoms with Gasteiger partial charge in [-0.25, -0.2) is 4.98 Å². The molecule has 5 rings (SSSR count). The Kier molecular flexibility index (Phi) is 5.50. The fraction of sp³-hybridized carbons (Fsp3) is 0.238. The molecule has 1 aliphatic heterocycles. The van der Waals surface area contributed by atoms with Crippen LogP contribution in [0.15, 0.2) is 41.2 Å². The van der Waals surface area contributed by atoms with Crippen LogP contribution >= 0.6 is 23.2 Å². The molecule has 0 amide bonds. The van der Waals surface area contributed by atoms with E-state index < -0.39 is 17.7 Å². The minimum absolute atomic E-state index is 0.0104. The number of fused-ring (bicyclic) bond motifs is 1. The second-order valence-corrected chi connectivity index (χ2v) is 8.71. The number of hydrogen-bond donors (Lipinski definition) is 1. The first kappa shape index (κ1) is 22.6. The van der Waals surface area contributed by atoms with E-state index in [-0.39, 0.29) is 34.0 Å². The van der Waals surface area contributed by atoms with Crippen molar-refractivity contribution in [1.82, 2.24) is 24.4 Å². The van der Waals surface area contributed by atoms with Gasteiger partial charge in [-0.15, -0.1) is 0 Å². The van der Waals surface area contributed by atoms with Crippen LogP contribution in [0.25, 0.3) is 28.6 Å². The Hall–Kier alpha value is -3.15. The summed E-state index contributed by atoms with van der Waals surface area (Å²) < 4.78 is 45.6. The summed E-state index contributed by atoms with van der Waals surface area (Å²) in [5.41, 5.74) is 0.746. The molecule has 176 valence electrons. The van der Waals surface area contributed by atoms with Gasteiger partial charge in [-0.3, -0.25) is 9.69 Å².